The highest BCUT2D eigenvalue weighted by atomic mass is 32.2. The van der Waals surface area contributed by atoms with Gasteiger partial charge < -0.3 is 9.30 Å². The molecule has 1 aromatic carbocycles. The molecular formula is C14H11F2NO3S. The lowest BCUT2D eigenvalue weighted by Gasteiger charge is -2.32. The lowest BCUT2D eigenvalue weighted by Crippen LogP contribution is -2.29. The highest BCUT2D eigenvalue weighted by Crippen LogP contribution is 2.46. The standard InChI is InChI=1S/C14H11F2NO3S/c1-3-20-14(19)10-12(18)9-8(5-4-7(15)11(9)16)17-6(2)21-13(10)17/h4-6H,3H2,1-2H3. The van der Waals surface area contributed by atoms with E-state index in [0.717, 1.165) is 6.07 Å². The molecule has 1 aliphatic rings. The van der Waals surface area contributed by atoms with Gasteiger partial charge in [-0.2, -0.15) is 0 Å². The molecule has 0 bridgehead atoms. The topological polar surface area (TPSA) is 48.3 Å². The first-order chi connectivity index (χ1) is 9.97. The maximum atomic E-state index is 14.0. The summed E-state index contributed by atoms with van der Waals surface area (Å²) < 4.78 is 33.9. The molecule has 2 aromatic rings. The minimum absolute atomic E-state index is 0.0684. The van der Waals surface area contributed by atoms with Crippen molar-refractivity contribution < 1.29 is 18.3 Å². The second kappa shape index (κ2) is 4.84. The summed E-state index contributed by atoms with van der Waals surface area (Å²) in [4.78, 5) is 24.4. The number of rotatable bonds is 2. The lowest BCUT2D eigenvalue weighted by atomic mass is 10.1. The zero-order chi connectivity index (χ0) is 15.3. The number of nitrogens with zero attached hydrogens (tertiary/aromatic N) is 1. The van der Waals surface area contributed by atoms with E-state index < -0.39 is 28.4 Å². The lowest BCUT2D eigenvalue weighted by molar-refractivity contribution is 0.0518. The van der Waals surface area contributed by atoms with E-state index in [1.165, 1.54) is 17.8 Å². The fraction of sp³-hybridized carbons (Fsp3) is 0.286. The molecule has 7 heteroatoms. The van der Waals surface area contributed by atoms with Crippen LogP contribution in [0.5, 0.6) is 0 Å². The van der Waals surface area contributed by atoms with Crippen molar-refractivity contribution in [3.63, 3.8) is 0 Å². The summed E-state index contributed by atoms with van der Waals surface area (Å²) in [5, 5.41) is -0.0421. The van der Waals surface area contributed by atoms with Crippen LogP contribution in [0.2, 0.25) is 0 Å². The third-order valence-corrected chi connectivity index (χ3v) is 4.52. The molecule has 0 spiro atoms. The SMILES string of the molecule is CCOC(=O)c1c2n(c3ccc(F)c(F)c3c1=O)C(C)S2. The Bertz CT molecular complexity index is 831. The smallest absolute Gasteiger partial charge is 0.344 e. The van der Waals surface area contributed by atoms with Crippen LogP contribution >= 0.6 is 11.8 Å². The van der Waals surface area contributed by atoms with Crippen LogP contribution in [0, 0.1) is 11.6 Å². The summed E-state index contributed by atoms with van der Waals surface area (Å²) >= 11 is 1.32. The predicted octanol–water partition coefficient (Wildman–Crippen LogP) is 3.08. The largest absolute Gasteiger partial charge is 0.462 e. The Hall–Kier alpha value is -1.89. The summed E-state index contributed by atoms with van der Waals surface area (Å²) in [6.07, 6.45) is 0. The monoisotopic (exact) mass is 311 g/mol. The molecule has 0 saturated heterocycles. The van der Waals surface area contributed by atoms with E-state index in [-0.39, 0.29) is 23.1 Å². The maximum absolute atomic E-state index is 14.0. The van der Waals surface area contributed by atoms with Crippen molar-refractivity contribution in [1.29, 1.82) is 0 Å². The minimum atomic E-state index is -1.23. The van der Waals surface area contributed by atoms with Gasteiger partial charge in [-0.05, 0) is 26.0 Å². The van der Waals surface area contributed by atoms with E-state index in [4.69, 9.17) is 4.74 Å². The molecule has 2 heterocycles. The first kappa shape index (κ1) is 14.1. The molecule has 21 heavy (non-hydrogen) atoms. The Morgan fingerprint density at radius 2 is 2.14 bits per heavy atom. The number of thioether (sulfide) groups is 1. The molecule has 4 nitrogen and oxygen atoms in total. The predicted molar refractivity (Wildman–Crippen MR) is 74.6 cm³/mol. The van der Waals surface area contributed by atoms with Gasteiger partial charge in [0, 0.05) is 0 Å². The van der Waals surface area contributed by atoms with Crippen molar-refractivity contribution in [3.05, 3.63) is 39.6 Å². The molecule has 1 unspecified atom stereocenters. The number of hydrogen-bond donors (Lipinski definition) is 0. The van der Waals surface area contributed by atoms with Crippen LogP contribution in [0.25, 0.3) is 10.9 Å². The van der Waals surface area contributed by atoms with Gasteiger partial charge in [0.2, 0.25) is 5.43 Å². The van der Waals surface area contributed by atoms with Gasteiger partial charge in [0.25, 0.3) is 0 Å². The van der Waals surface area contributed by atoms with Crippen LogP contribution in [0.1, 0.15) is 29.6 Å². The fourth-order valence-corrected chi connectivity index (χ4v) is 3.58. The summed E-state index contributed by atoms with van der Waals surface area (Å²) in [5.74, 6) is -3.16. The van der Waals surface area contributed by atoms with Crippen LogP contribution in [0.3, 0.4) is 0 Å². The molecule has 0 fully saturated rings. The minimum Gasteiger partial charge on any atom is -0.462 e. The molecule has 1 atom stereocenters. The molecule has 0 radical (unpaired) electrons. The van der Waals surface area contributed by atoms with Crippen molar-refractivity contribution in [3.8, 4) is 0 Å². The highest BCUT2D eigenvalue weighted by molar-refractivity contribution is 8.00. The highest BCUT2D eigenvalue weighted by Gasteiger charge is 2.34. The number of pyridine rings is 1. The average molecular weight is 311 g/mol. The molecule has 0 saturated carbocycles. The summed E-state index contributed by atoms with van der Waals surface area (Å²) in [6, 6.07) is 2.33. The Kier molecular flexibility index (Phi) is 3.24. The molecule has 0 aliphatic carbocycles. The Labute approximate surface area is 122 Å². The third-order valence-electron chi connectivity index (χ3n) is 3.34. The van der Waals surface area contributed by atoms with Crippen molar-refractivity contribution in [2.75, 3.05) is 6.61 Å². The van der Waals surface area contributed by atoms with E-state index in [0.29, 0.717) is 5.03 Å². The van der Waals surface area contributed by atoms with Gasteiger partial charge in [-0.1, -0.05) is 11.8 Å². The number of hydrogen-bond acceptors (Lipinski definition) is 4. The normalized spacial score (nSPS) is 16.5. The van der Waals surface area contributed by atoms with Gasteiger partial charge in [0.1, 0.15) is 5.56 Å². The summed E-state index contributed by atoms with van der Waals surface area (Å²) in [5.41, 5.74) is -0.767. The first-order valence-electron chi connectivity index (χ1n) is 6.37. The van der Waals surface area contributed by atoms with E-state index in [2.05, 4.69) is 0 Å². The second-order valence-corrected chi connectivity index (χ2v) is 5.88. The van der Waals surface area contributed by atoms with Crippen LogP contribution in [-0.4, -0.2) is 17.1 Å². The summed E-state index contributed by atoms with van der Waals surface area (Å²) in [6.45, 7) is 3.55. The molecule has 1 aromatic heterocycles. The van der Waals surface area contributed by atoms with Crippen LogP contribution in [-0.2, 0) is 4.74 Å². The third kappa shape index (κ3) is 1.87. The van der Waals surface area contributed by atoms with Crippen molar-refractivity contribution in [2.24, 2.45) is 0 Å². The average Bonchev–Trinajstić information content (AvgIpc) is 2.42. The number of ether oxygens (including phenoxy) is 1. The van der Waals surface area contributed by atoms with Crippen molar-refractivity contribution in [1.82, 2.24) is 4.57 Å². The number of esters is 1. The van der Waals surface area contributed by atoms with Crippen molar-refractivity contribution in [2.45, 2.75) is 24.2 Å². The molecular weight excluding hydrogens is 300 g/mol. The molecule has 0 amide bonds. The van der Waals surface area contributed by atoms with E-state index in [1.807, 2.05) is 6.92 Å². The van der Waals surface area contributed by atoms with Gasteiger partial charge in [-0.3, -0.25) is 4.79 Å². The Morgan fingerprint density at radius 1 is 1.43 bits per heavy atom. The van der Waals surface area contributed by atoms with Crippen molar-refractivity contribution >= 4 is 28.6 Å². The van der Waals surface area contributed by atoms with Crippen LogP contribution in [0.15, 0.2) is 22.0 Å². The summed E-state index contributed by atoms with van der Waals surface area (Å²) in [7, 11) is 0. The van der Waals surface area contributed by atoms with Gasteiger partial charge in [0.05, 0.1) is 27.9 Å². The zero-order valence-electron chi connectivity index (χ0n) is 11.3. The Morgan fingerprint density at radius 3 is 2.76 bits per heavy atom. The number of carbonyl (C=O) groups is 1. The second-order valence-electron chi connectivity index (χ2n) is 4.57. The fourth-order valence-electron chi connectivity index (χ4n) is 2.43. The van der Waals surface area contributed by atoms with Gasteiger partial charge in [-0.25, -0.2) is 13.6 Å². The first-order valence-corrected chi connectivity index (χ1v) is 7.25. The van der Waals surface area contributed by atoms with Gasteiger partial charge in [0.15, 0.2) is 11.6 Å². The van der Waals surface area contributed by atoms with E-state index in [9.17, 15) is 18.4 Å². The molecule has 110 valence electrons. The molecule has 1 aliphatic heterocycles. The number of benzene rings is 1. The van der Waals surface area contributed by atoms with E-state index in [1.54, 1.807) is 11.5 Å². The zero-order valence-corrected chi connectivity index (χ0v) is 12.1. The van der Waals surface area contributed by atoms with Crippen LogP contribution < -0.4 is 5.43 Å². The number of halogens is 2. The van der Waals surface area contributed by atoms with E-state index >= 15 is 0 Å². The number of aromatic nitrogens is 1. The number of fused-ring (bicyclic) bond motifs is 3. The quantitative estimate of drug-likeness (QED) is 0.800. The molecule has 0 N–H and O–H groups in total. The van der Waals surface area contributed by atoms with Crippen LogP contribution in [0.4, 0.5) is 8.78 Å². The number of carbonyl (C=O) groups excluding carboxylic acids is 1. The molecule has 3 rings (SSSR count). The maximum Gasteiger partial charge on any atom is 0.344 e. The van der Waals surface area contributed by atoms with Gasteiger partial charge in [-0.15, -0.1) is 0 Å². The van der Waals surface area contributed by atoms with Gasteiger partial charge >= 0.3 is 5.97 Å². The Balaban J connectivity index is 2.43.